The van der Waals surface area contributed by atoms with Gasteiger partial charge < -0.3 is 0 Å². The van der Waals surface area contributed by atoms with Gasteiger partial charge in [0, 0.05) is 22.2 Å². The molecule has 0 aliphatic heterocycles. The number of benzene rings is 1. The zero-order chi connectivity index (χ0) is 13.8. The van der Waals surface area contributed by atoms with Crippen molar-refractivity contribution in [2.75, 3.05) is 6.26 Å². The van der Waals surface area contributed by atoms with Crippen LogP contribution in [0.5, 0.6) is 0 Å². The third kappa shape index (κ3) is 2.70. The van der Waals surface area contributed by atoms with E-state index in [9.17, 15) is 0 Å². The molecule has 0 aliphatic rings. The van der Waals surface area contributed by atoms with Gasteiger partial charge in [0.05, 0.1) is 17.6 Å². The Morgan fingerprint density at radius 3 is 2.45 bits per heavy atom. The zero-order valence-corrected chi connectivity index (χ0v) is 11.8. The summed E-state index contributed by atoms with van der Waals surface area (Å²) in [7, 11) is 0. The Bertz CT molecular complexity index is 696. The number of rotatable bonds is 3. The van der Waals surface area contributed by atoms with Gasteiger partial charge in [-0.2, -0.15) is 10.2 Å². The molecular weight excluding hydrogens is 266 g/mol. The van der Waals surface area contributed by atoms with Gasteiger partial charge in [0.2, 0.25) is 0 Å². The van der Waals surface area contributed by atoms with E-state index in [1.807, 2.05) is 24.3 Å². The third-order valence-corrected chi connectivity index (χ3v) is 3.74. The Morgan fingerprint density at radius 2 is 1.75 bits per heavy atom. The minimum atomic E-state index is 0.862. The molecule has 0 bridgehead atoms. The zero-order valence-electron chi connectivity index (χ0n) is 11.0. The van der Waals surface area contributed by atoms with Crippen LogP contribution < -0.4 is 0 Å². The summed E-state index contributed by atoms with van der Waals surface area (Å²) in [4.78, 5) is 5.58. The monoisotopic (exact) mass is 279 g/mol. The average molecular weight is 279 g/mol. The SMILES string of the molecule is CSc1ccc(-c2cc(-c3ccccn3)cnn2)cc1. The first-order chi connectivity index (χ1) is 9.86. The molecule has 4 heteroatoms. The molecule has 0 atom stereocenters. The number of thioether (sulfide) groups is 1. The van der Waals surface area contributed by atoms with Gasteiger partial charge in [-0.25, -0.2) is 0 Å². The van der Waals surface area contributed by atoms with E-state index in [-0.39, 0.29) is 0 Å². The van der Waals surface area contributed by atoms with Crippen LogP contribution in [0.1, 0.15) is 0 Å². The van der Waals surface area contributed by atoms with Crippen LogP contribution in [0.15, 0.2) is 65.8 Å². The molecule has 0 N–H and O–H groups in total. The Kier molecular flexibility index (Phi) is 3.74. The first-order valence-electron chi connectivity index (χ1n) is 6.25. The van der Waals surface area contributed by atoms with Gasteiger partial charge >= 0.3 is 0 Å². The predicted octanol–water partition coefficient (Wildman–Crippen LogP) is 3.93. The highest BCUT2D eigenvalue weighted by Gasteiger charge is 2.04. The highest BCUT2D eigenvalue weighted by Crippen LogP contribution is 2.24. The molecule has 98 valence electrons. The van der Waals surface area contributed by atoms with Crippen LogP contribution in [0.25, 0.3) is 22.5 Å². The second-order valence-corrected chi connectivity index (χ2v) is 5.15. The van der Waals surface area contributed by atoms with Gasteiger partial charge in [-0.1, -0.05) is 18.2 Å². The highest BCUT2D eigenvalue weighted by molar-refractivity contribution is 7.98. The van der Waals surface area contributed by atoms with E-state index in [1.54, 1.807) is 24.2 Å². The second kappa shape index (κ2) is 5.84. The van der Waals surface area contributed by atoms with Crippen molar-refractivity contribution in [3.05, 3.63) is 60.9 Å². The number of hydrogen-bond donors (Lipinski definition) is 0. The number of aromatic nitrogens is 3. The van der Waals surface area contributed by atoms with E-state index in [4.69, 9.17) is 0 Å². The van der Waals surface area contributed by atoms with Crippen LogP contribution >= 0.6 is 11.8 Å². The molecule has 3 rings (SSSR count). The van der Waals surface area contributed by atoms with Gasteiger partial charge in [0.15, 0.2) is 0 Å². The molecule has 0 unspecified atom stereocenters. The molecule has 0 aliphatic carbocycles. The van der Waals surface area contributed by atoms with Gasteiger partial charge in [-0.3, -0.25) is 4.98 Å². The van der Waals surface area contributed by atoms with E-state index in [2.05, 4.69) is 45.7 Å². The molecule has 0 spiro atoms. The van der Waals surface area contributed by atoms with Gasteiger partial charge in [0.1, 0.15) is 0 Å². The van der Waals surface area contributed by atoms with Crippen LogP contribution in [0, 0.1) is 0 Å². The van der Waals surface area contributed by atoms with Gasteiger partial charge in [-0.05, 0) is 36.6 Å². The third-order valence-electron chi connectivity index (χ3n) is 3.00. The maximum atomic E-state index is 4.34. The van der Waals surface area contributed by atoms with E-state index >= 15 is 0 Å². The lowest BCUT2D eigenvalue weighted by molar-refractivity contribution is 1.04. The van der Waals surface area contributed by atoms with E-state index in [1.165, 1.54) is 4.90 Å². The van der Waals surface area contributed by atoms with Crippen molar-refractivity contribution in [2.45, 2.75) is 4.90 Å². The molecule has 0 fully saturated rings. The minimum absolute atomic E-state index is 0.862. The number of nitrogens with zero attached hydrogens (tertiary/aromatic N) is 3. The Hall–Kier alpha value is -2.20. The second-order valence-electron chi connectivity index (χ2n) is 4.27. The molecule has 2 heterocycles. The lowest BCUT2D eigenvalue weighted by Gasteiger charge is -2.04. The summed E-state index contributed by atoms with van der Waals surface area (Å²) in [5, 5.41) is 8.29. The fraction of sp³-hybridized carbons (Fsp3) is 0.0625. The van der Waals surface area contributed by atoms with Crippen LogP contribution in [0.2, 0.25) is 0 Å². The van der Waals surface area contributed by atoms with Crippen LogP contribution in [-0.2, 0) is 0 Å². The van der Waals surface area contributed by atoms with Crippen molar-refractivity contribution >= 4 is 11.8 Å². The van der Waals surface area contributed by atoms with Gasteiger partial charge in [-0.15, -0.1) is 11.8 Å². The summed E-state index contributed by atoms with van der Waals surface area (Å²) >= 11 is 1.73. The van der Waals surface area contributed by atoms with E-state index in [0.717, 1.165) is 22.5 Å². The fourth-order valence-electron chi connectivity index (χ4n) is 1.94. The standard InChI is InChI=1S/C16H13N3S/c1-20-14-7-5-12(6-8-14)16-10-13(11-18-19-16)15-4-2-3-9-17-15/h2-11H,1H3. The quantitative estimate of drug-likeness (QED) is 0.681. The highest BCUT2D eigenvalue weighted by atomic mass is 32.2. The molecule has 3 aromatic rings. The maximum absolute atomic E-state index is 4.34. The normalized spacial score (nSPS) is 10.4. The molecule has 2 aromatic heterocycles. The summed E-state index contributed by atoms with van der Waals surface area (Å²) in [6.07, 6.45) is 5.58. The minimum Gasteiger partial charge on any atom is -0.256 e. The first-order valence-corrected chi connectivity index (χ1v) is 7.48. The molecule has 0 saturated carbocycles. The van der Waals surface area contributed by atoms with Crippen LogP contribution in [-0.4, -0.2) is 21.4 Å². The summed E-state index contributed by atoms with van der Waals surface area (Å²) in [6.45, 7) is 0. The number of hydrogen-bond acceptors (Lipinski definition) is 4. The van der Waals surface area contributed by atoms with Crippen molar-refractivity contribution in [1.29, 1.82) is 0 Å². The Balaban J connectivity index is 1.98. The van der Waals surface area contributed by atoms with Crippen LogP contribution in [0.4, 0.5) is 0 Å². The van der Waals surface area contributed by atoms with E-state index < -0.39 is 0 Å². The summed E-state index contributed by atoms with van der Waals surface area (Å²) < 4.78 is 0. The van der Waals surface area contributed by atoms with Crippen molar-refractivity contribution in [3.8, 4) is 22.5 Å². The lowest BCUT2D eigenvalue weighted by Crippen LogP contribution is -1.90. The van der Waals surface area contributed by atoms with Gasteiger partial charge in [0.25, 0.3) is 0 Å². The van der Waals surface area contributed by atoms with Crippen LogP contribution in [0.3, 0.4) is 0 Å². The lowest BCUT2D eigenvalue weighted by atomic mass is 10.1. The average Bonchev–Trinajstić information content (AvgIpc) is 2.56. The summed E-state index contributed by atoms with van der Waals surface area (Å²) in [5.74, 6) is 0. The van der Waals surface area contributed by atoms with Crippen molar-refractivity contribution in [3.63, 3.8) is 0 Å². The molecule has 0 saturated heterocycles. The van der Waals surface area contributed by atoms with E-state index in [0.29, 0.717) is 0 Å². The molecule has 20 heavy (non-hydrogen) atoms. The molecule has 0 amide bonds. The summed E-state index contributed by atoms with van der Waals surface area (Å²) in [6, 6.07) is 16.2. The number of pyridine rings is 1. The largest absolute Gasteiger partial charge is 0.256 e. The Labute approximate surface area is 122 Å². The first kappa shape index (κ1) is 12.8. The smallest absolute Gasteiger partial charge is 0.0936 e. The topological polar surface area (TPSA) is 38.7 Å². The molecule has 3 nitrogen and oxygen atoms in total. The Morgan fingerprint density at radius 1 is 0.900 bits per heavy atom. The fourth-order valence-corrected chi connectivity index (χ4v) is 2.35. The predicted molar refractivity (Wildman–Crippen MR) is 82.5 cm³/mol. The van der Waals surface area contributed by atoms with Crippen molar-refractivity contribution in [2.24, 2.45) is 0 Å². The molecule has 1 aromatic carbocycles. The maximum Gasteiger partial charge on any atom is 0.0936 e. The molecular formula is C16H13N3S. The van der Waals surface area contributed by atoms with Crippen molar-refractivity contribution < 1.29 is 0 Å². The van der Waals surface area contributed by atoms with Crippen molar-refractivity contribution in [1.82, 2.24) is 15.2 Å². The summed E-state index contributed by atoms with van der Waals surface area (Å²) in [5.41, 5.74) is 3.81. The molecule has 0 radical (unpaired) electrons.